The second kappa shape index (κ2) is 3.54. The molecule has 7 nitrogen and oxygen atoms in total. The van der Waals surface area contributed by atoms with Crippen LogP contribution in [0.1, 0.15) is 10.6 Å². The molecule has 0 aliphatic heterocycles. The van der Waals surface area contributed by atoms with Gasteiger partial charge in [-0.25, -0.2) is 4.79 Å². The Morgan fingerprint density at radius 1 is 1.38 bits per heavy atom. The van der Waals surface area contributed by atoms with Crippen LogP contribution in [0.4, 0.5) is 0 Å². The number of hydrogen-bond donors (Lipinski definition) is 3. The van der Waals surface area contributed by atoms with E-state index in [4.69, 9.17) is 10.9 Å². The molecule has 0 atom stereocenters. The van der Waals surface area contributed by atoms with Gasteiger partial charge in [0.25, 0.3) is 5.82 Å². The molecule has 1 aromatic heterocycles. The Kier molecular flexibility index (Phi) is 2.20. The van der Waals surface area contributed by atoms with Gasteiger partial charge < -0.3 is 16.1 Å². The number of phenolic OH excluding ortho intramolecular Hbond substituents is 1. The van der Waals surface area contributed by atoms with Crippen LogP contribution in [-0.2, 0) is 0 Å². The van der Waals surface area contributed by atoms with Crippen LogP contribution >= 0.6 is 0 Å². The second-order valence-electron chi connectivity index (χ2n) is 3.03. The minimum absolute atomic E-state index is 0.0370. The molecule has 2 aromatic rings. The van der Waals surface area contributed by atoms with Crippen molar-refractivity contribution in [1.82, 2.24) is 14.9 Å². The van der Waals surface area contributed by atoms with Crippen molar-refractivity contribution in [2.24, 2.45) is 0 Å². The van der Waals surface area contributed by atoms with Crippen LogP contribution in [0.3, 0.4) is 0 Å². The highest BCUT2D eigenvalue weighted by atomic mass is 16.4. The molecular formula is C9H8N4O3. The van der Waals surface area contributed by atoms with Crippen LogP contribution in [0.2, 0.25) is 0 Å². The van der Waals surface area contributed by atoms with Crippen LogP contribution in [0.25, 0.3) is 11.4 Å². The maximum absolute atomic E-state index is 10.7. The number of benzene rings is 1. The maximum Gasteiger partial charge on any atom is 0.375 e. The molecule has 0 saturated heterocycles. The number of aromatic carboxylic acids is 1. The monoisotopic (exact) mass is 220 g/mol. The van der Waals surface area contributed by atoms with Gasteiger partial charge in [0.15, 0.2) is 5.82 Å². The Morgan fingerprint density at radius 2 is 2.06 bits per heavy atom. The molecule has 1 aromatic carbocycles. The second-order valence-corrected chi connectivity index (χ2v) is 3.03. The van der Waals surface area contributed by atoms with Crippen LogP contribution < -0.4 is 5.84 Å². The topological polar surface area (TPSA) is 114 Å². The number of nitrogen functional groups attached to an aromatic ring is 1. The Balaban J connectivity index is 2.54. The van der Waals surface area contributed by atoms with Gasteiger partial charge in [0.1, 0.15) is 5.75 Å². The van der Waals surface area contributed by atoms with E-state index in [9.17, 15) is 9.90 Å². The number of carboxylic acid groups (broad SMARTS) is 1. The number of nitrogens with two attached hydrogens (primary N) is 1. The molecule has 0 amide bonds. The number of rotatable bonds is 2. The zero-order valence-electron chi connectivity index (χ0n) is 8.03. The first-order valence-electron chi connectivity index (χ1n) is 4.33. The van der Waals surface area contributed by atoms with E-state index < -0.39 is 11.8 Å². The lowest BCUT2D eigenvalue weighted by molar-refractivity contribution is 0.0679. The van der Waals surface area contributed by atoms with E-state index in [2.05, 4.69) is 10.1 Å². The third kappa shape index (κ3) is 1.54. The number of aromatic nitrogens is 3. The number of para-hydroxylation sites is 1. The summed E-state index contributed by atoms with van der Waals surface area (Å²) < 4.78 is 0. The SMILES string of the molecule is Nn1nc(-c2ccccc2O)nc1C(=O)O. The van der Waals surface area contributed by atoms with Gasteiger partial charge in [-0.05, 0) is 12.1 Å². The van der Waals surface area contributed by atoms with E-state index in [1.54, 1.807) is 18.2 Å². The Hall–Kier alpha value is -2.57. The predicted octanol–water partition coefficient (Wildman–Crippen LogP) is 0.0627. The zero-order chi connectivity index (χ0) is 11.7. The first-order chi connectivity index (χ1) is 7.59. The normalized spacial score (nSPS) is 10.2. The first-order valence-corrected chi connectivity index (χ1v) is 4.33. The molecule has 0 unspecified atom stereocenters. The molecule has 0 saturated carbocycles. The standard InChI is InChI=1S/C9H8N4O3/c10-13-8(9(15)16)11-7(12-13)5-3-1-2-4-6(5)14/h1-4,14H,10H2,(H,15,16). The van der Waals surface area contributed by atoms with Crippen molar-refractivity contribution >= 4 is 5.97 Å². The smallest absolute Gasteiger partial charge is 0.375 e. The lowest BCUT2D eigenvalue weighted by Gasteiger charge is -1.97. The number of nitrogens with zero attached hydrogens (tertiary/aromatic N) is 3. The number of phenols is 1. The summed E-state index contributed by atoms with van der Waals surface area (Å²) in [7, 11) is 0. The highest BCUT2D eigenvalue weighted by Gasteiger charge is 2.17. The summed E-state index contributed by atoms with van der Waals surface area (Å²) in [4.78, 5) is 15.1. The average molecular weight is 220 g/mol. The summed E-state index contributed by atoms with van der Waals surface area (Å²) in [6.45, 7) is 0. The molecule has 1 heterocycles. The fraction of sp³-hybridized carbons (Fsp3) is 0. The lowest BCUT2D eigenvalue weighted by Crippen LogP contribution is -2.18. The molecule has 0 aliphatic rings. The Bertz CT molecular complexity index is 549. The summed E-state index contributed by atoms with van der Waals surface area (Å²) >= 11 is 0. The van der Waals surface area contributed by atoms with Gasteiger partial charge in [-0.3, -0.25) is 0 Å². The van der Waals surface area contributed by atoms with Gasteiger partial charge >= 0.3 is 5.97 Å². The van der Waals surface area contributed by atoms with Gasteiger partial charge in [-0.2, -0.15) is 9.77 Å². The van der Waals surface area contributed by atoms with Gasteiger partial charge in [-0.15, -0.1) is 5.10 Å². The minimum Gasteiger partial charge on any atom is -0.507 e. The lowest BCUT2D eigenvalue weighted by atomic mass is 10.2. The average Bonchev–Trinajstić information content (AvgIpc) is 2.61. The molecular weight excluding hydrogens is 212 g/mol. The van der Waals surface area contributed by atoms with E-state index in [0.29, 0.717) is 10.4 Å². The largest absolute Gasteiger partial charge is 0.507 e. The van der Waals surface area contributed by atoms with E-state index in [0.717, 1.165) is 0 Å². The van der Waals surface area contributed by atoms with E-state index >= 15 is 0 Å². The summed E-state index contributed by atoms with van der Waals surface area (Å²) in [6.07, 6.45) is 0. The van der Waals surface area contributed by atoms with Crippen molar-refractivity contribution in [3.8, 4) is 17.1 Å². The van der Waals surface area contributed by atoms with Crippen LogP contribution in [0.15, 0.2) is 24.3 Å². The molecule has 82 valence electrons. The molecule has 0 radical (unpaired) electrons. The van der Waals surface area contributed by atoms with Crippen molar-refractivity contribution in [2.45, 2.75) is 0 Å². The predicted molar refractivity (Wildman–Crippen MR) is 54.2 cm³/mol. The van der Waals surface area contributed by atoms with Crippen molar-refractivity contribution in [3.63, 3.8) is 0 Å². The van der Waals surface area contributed by atoms with Crippen molar-refractivity contribution in [1.29, 1.82) is 0 Å². The highest BCUT2D eigenvalue weighted by Crippen LogP contribution is 2.25. The molecule has 16 heavy (non-hydrogen) atoms. The third-order valence-corrected chi connectivity index (χ3v) is 1.97. The van der Waals surface area contributed by atoms with E-state index in [1.807, 2.05) is 0 Å². The van der Waals surface area contributed by atoms with Gasteiger partial charge in [0, 0.05) is 0 Å². The molecule has 0 spiro atoms. The number of aromatic hydroxyl groups is 1. The molecule has 2 rings (SSSR count). The van der Waals surface area contributed by atoms with Crippen molar-refractivity contribution in [3.05, 3.63) is 30.1 Å². The summed E-state index contributed by atoms with van der Waals surface area (Å²) in [5.74, 6) is 3.67. The molecule has 0 fully saturated rings. The summed E-state index contributed by atoms with van der Waals surface area (Å²) in [5, 5.41) is 22.0. The van der Waals surface area contributed by atoms with Gasteiger partial charge in [-0.1, -0.05) is 12.1 Å². The minimum atomic E-state index is -1.28. The molecule has 7 heteroatoms. The Morgan fingerprint density at radius 3 is 2.62 bits per heavy atom. The third-order valence-electron chi connectivity index (χ3n) is 1.97. The van der Waals surface area contributed by atoms with Crippen molar-refractivity contribution in [2.75, 3.05) is 5.84 Å². The quantitative estimate of drug-likeness (QED) is 0.616. The summed E-state index contributed by atoms with van der Waals surface area (Å²) in [5.41, 5.74) is 0.328. The fourth-order valence-electron chi connectivity index (χ4n) is 1.25. The van der Waals surface area contributed by atoms with E-state index in [1.165, 1.54) is 6.07 Å². The number of carbonyl (C=O) groups is 1. The number of carboxylic acids is 1. The van der Waals surface area contributed by atoms with Crippen LogP contribution in [0.5, 0.6) is 5.75 Å². The van der Waals surface area contributed by atoms with E-state index in [-0.39, 0.29) is 11.6 Å². The summed E-state index contributed by atoms with van der Waals surface area (Å²) in [6, 6.07) is 6.33. The highest BCUT2D eigenvalue weighted by molar-refractivity contribution is 5.84. The Labute approximate surface area is 89.7 Å². The first kappa shape index (κ1) is 9.97. The molecule has 0 bridgehead atoms. The van der Waals surface area contributed by atoms with Gasteiger partial charge in [0.2, 0.25) is 0 Å². The maximum atomic E-state index is 10.7. The molecule has 4 N–H and O–H groups in total. The van der Waals surface area contributed by atoms with Crippen LogP contribution in [-0.4, -0.2) is 31.1 Å². The van der Waals surface area contributed by atoms with Gasteiger partial charge in [0.05, 0.1) is 5.56 Å². The number of hydrogen-bond acceptors (Lipinski definition) is 5. The van der Waals surface area contributed by atoms with Crippen LogP contribution in [0, 0.1) is 0 Å². The fourth-order valence-corrected chi connectivity index (χ4v) is 1.25. The molecule has 0 aliphatic carbocycles. The van der Waals surface area contributed by atoms with Crippen molar-refractivity contribution < 1.29 is 15.0 Å². The zero-order valence-corrected chi connectivity index (χ0v) is 8.03.